The number of rotatable bonds is 5. The van der Waals surface area contributed by atoms with Crippen molar-refractivity contribution in [1.29, 1.82) is 0 Å². The molecule has 0 aliphatic carbocycles. The predicted octanol–water partition coefficient (Wildman–Crippen LogP) is 2.82. The summed E-state index contributed by atoms with van der Waals surface area (Å²) in [5.74, 6) is -0.599. The lowest BCUT2D eigenvalue weighted by molar-refractivity contribution is -0.139. The van der Waals surface area contributed by atoms with Gasteiger partial charge in [-0.2, -0.15) is 0 Å². The van der Waals surface area contributed by atoms with Gasteiger partial charge in [0.15, 0.2) is 0 Å². The number of aliphatic hydroxyl groups excluding tert-OH is 1. The molecule has 1 N–H and O–H groups in total. The van der Waals surface area contributed by atoms with E-state index in [1.54, 1.807) is 12.1 Å². The molecule has 0 aliphatic heterocycles. The van der Waals surface area contributed by atoms with Crippen LogP contribution in [0.15, 0.2) is 58.9 Å². The zero-order valence-electron chi connectivity index (χ0n) is 10.9. The molecule has 0 bridgehead atoms. The summed E-state index contributed by atoms with van der Waals surface area (Å²) in [5, 5.41) is 9.24. The normalized spacial score (nSPS) is 11.2. The van der Waals surface area contributed by atoms with Gasteiger partial charge in [0, 0.05) is 12.5 Å². The molecular formula is C15H14O5. The summed E-state index contributed by atoms with van der Waals surface area (Å²) in [5.41, 5.74) is 1.11. The van der Waals surface area contributed by atoms with Crippen molar-refractivity contribution in [1.82, 2.24) is 0 Å². The molecule has 0 atom stereocenters. The van der Waals surface area contributed by atoms with Crippen molar-refractivity contribution in [2.24, 2.45) is 0 Å². The Morgan fingerprint density at radius 2 is 2.00 bits per heavy atom. The Bertz CT molecular complexity index is 598. The van der Waals surface area contributed by atoms with Gasteiger partial charge in [-0.25, -0.2) is 4.79 Å². The lowest BCUT2D eigenvalue weighted by atomic mass is 10.1. The number of benzene rings is 1. The molecule has 0 amide bonds. The maximum absolute atomic E-state index is 10.9. The van der Waals surface area contributed by atoms with Gasteiger partial charge in [-0.1, -0.05) is 30.3 Å². The predicted molar refractivity (Wildman–Crippen MR) is 71.3 cm³/mol. The van der Waals surface area contributed by atoms with Gasteiger partial charge in [0.05, 0.1) is 7.11 Å². The van der Waals surface area contributed by atoms with Gasteiger partial charge in [-0.05, 0) is 11.6 Å². The van der Waals surface area contributed by atoms with Crippen LogP contribution in [0.3, 0.4) is 0 Å². The number of methoxy groups -OCH3 is 1. The lowest BCUT2D eigenvalue weighted by Gasteiger charge is -1.99. The van der Waals surface area contributed by atoms with Crippen molar-refractivity contribution in [3.63, 3.8) is 0 Å². The van der Waals surface area contributed by atoms with Gasteiger partial charge in [0.2, 0.25) is 5.76 Å². The van der Waals surface area contributed by atoms with Gasteiger partial charge in [-0.3, -0.25) is 0 Å². The first kappa shape index (κ1) is 13.7. The number of aliphatic hydroxyl groups is 1. The first-order chi connectivity index (χ1) is 9.69. The van der Waals surface area contributed by atoms with Crippen molar-refractivity contribution >= 4 is 5.97 Å². The second kappa shape index (κ2) is 6.47. The van der Waals surface area contributed by atoms with Crippen LogP contribution in [-0.4, -0.2) is 18.2 Å². The number of carbonyl (C=O) groups is 1. The maximum Gasteiger partial charge on any atom is 0.376 e. The van der Waals surface area contributed by atoms with E-state index in [1.165, 1.54) is 0 Å². The van der Waals surface area contributed by atoms with Crippen molar-refractivity contribution in [3.05, 3.63) is 65.8 Å². The Morgan fingerprint density at radius 3 is 2.70 bits per heavy atom. The van der Waals surface area contributed by atoms with Gasteiger partial charge in [0.25, 0.3) is 5.95 Å². The Labute approximate surface area is 116 Å². The summed E-state index contributed by atoms with van der Waals surface area (Å²) in [6.07, 6.45) is 1.51. The highest BCUT2D eigenvalue weighted by Crippen LogP contribution is 2.19. The molecule has 0 radical (unpaired) electrons. The van der Waals surface area contributed by atoms with Crippen LogP contribution in [0.2, 0.25) is 0 Å². The lowest BCUT2D eigenvalue weighted by Crippen LogP contribution is -2.04. The van der Waals surface area contributed by atoms with Crippen LogP contribution in [0, 0.1) is 0 Å². The molecule has 20 heavy (non-hydrogen) atoms. The van der Waals surface area contributed by atoms with Crippen LogP contribution in [0.25, 0.3) is 0 Å². The third kappa shape index (κ3) is 3.65. The largest absolute Gasteiger partial charge is 0.500 e. The number of hydrogen-bond acceptors (Lipinski definition) is 5. The summed E-state index contributed by atoms with van der Waals surface area (Å²) in [4.78, 5) is 10.9. The minimum atomic E-state index is -0.874. The van der Waals surface area contributed by atoms with Crippen LogP contribution < -0.4 is 4.74 Å². The second-order valence-corrected chi connectivity index (χ2v) is 4.00. The fraction of sp³-hybridized carbons (Fsp3) is 0.133. The Kier molecular flexibility index (Phi) is 4.44. The van der Waals surface area contributed by atoms with Crippen molar-refractivity contribution in [2.75, 3.05) is 7.11 Å². The van der Waals surface area contributed by atoms with Gasteiger partial charge >= 0.3 is 5.97 Å². The average Bonchev–Trinajstić information content (AvgIpc) is 2.92. The standard InChI is InChI=1S/C15H14O5/c1-18-15(17)13(16)10-19-14-8-7-12(20-14)9-11-5-3-2-4-6-11/h2-8,10,16H,9H2,1H3. The van der Waals surface area contributed by atoms with E-state index in [4.69, 9.17) is 9.15 Å². The second-order valence-electron chi connectivity index (χ2n) is 4.00. The van der Waals surface area contributed by atoms with Gasteiger partial charge in [0.1, 0.15) is 12.0 Å². The van der Waals surface area contributed by atoms with E-state index in [-0.39, 0.29) is 5.95 Å². The third-order valence-corrected chi connectivity index (χ3v) is 2.54. The number of hydrogen-bond donors (Lipinski definition) is 1. The number of ether oxygens (including phenoxy) is 2. The minimum Gasteiger partial charge on any atom is -0.500 e. The fourth-order valence-corrected chi connectivity index (χ4v) is 1.58. The zero-order valence-corrected chi connectivity index (χ0v) is 10.9. The topological polar surface area (TPSA) is 68.9 Å². The molecule has 0 fully saturated rings. The molecule has 2 rings (SSSR count). The van der Waals surface area contributed by atoms with Crippen LogP contribution in [-0.2, 0) is 16.0 Å². The molecule has 5 nitrogen and oxygen atoms in total. The molecule has 0 unspecified atom stereocenters. The number of furan rings is 1. The fourth-order valence-electron chi connectivity index (χ4n) is 1.58. The van der Waals surface area contributed by atoms with Gasteiger partial charge < -0.3 is 19.0 Å². The van der Waals surface area contributed by atoms with Crippen LogP contribution in [0.1, 0.15) is 11.3 Å². The first-order valence-electron chi connectivity index (χ1n) is 5.96. The molecule has 0 aliphatic rings. The molecular weight excluding hydrogens is 260 g/mol. The summed E-state index contributed by atoms with van der Waals surface area (Å²) >= 11 is 0. The monoisotopic (exact) mass is 274 g/mol. The van der Waals surface area contributed by atoms with E-state index in [0.717, 1.165) is 24.7 Å². The maximum atomic E-state index is 10.9. The summed E-state index contributed by atoms with van der Waals surface area (Å²) in [6, 6.07) is 13.2. The van der Waals surface area contributed by atoms with E-state index in [1.807, 2.05) is 30.3 Å². The van der Waals surface area contributed by atoms with E-state index >= 15 is 0 Å². The quantitative estimate of drug-likeness (QED) is 0.516. The van der Waals surface area contributed by atoms with Crippen molar-refractivity contribution in [2.45, 2.75) is 6.42 Å². The molecule has 104 valence electrons. The average molecular weight is 274 g/mol. The molecule has 1 heterocycles. The highest BCUT2D eigenvalue weighted by molar-refractivity contribution is 5.85. The molecule has 5 heteroatoms. The smallest absolute Gasteiger partial charge is 0.376 e. The summed E-state index contributed by atoms with van der Waals surface area (Å²) in [6.45, 7) is 0. The van der Waals surface area contributed by atoms with E-state index in [0.29, 0.717) is 6.42 Å². The van der Waals surface area contributed by atoms with Crippen LogP contribution in [0.4, 0.5) is 0 Å². The van der Waals surface area contributed by atoms with E-state index in [9.17, 15) is 9.90 Å². The number of esters is 1. The van der Waals surface area contributed by atoms with Crippen molar-refractivity contribution < 1.29 is 23.8 Å². The summed E-state index contributed by atoms with van der Waals surface area (Å²) < 4.78 is 14.8. The Hall–Kier alpha value is -2.69. The molecule has 0 saturated carbocycles. The molecule has 1 aromatic carbocycles. The first-order valence-corrected chi connectivity index (χ1v) is 5.96. The SMILES string of the molecule is COC(=O)C(O)=COc1ccc(Cc2ccccc2)o1. The molecule has 0 saturated heterocycles. The number of carbonyl (C=O) groups excluding carboxylic acids is 1. The van der Waals surface area contributed by atoms with E-state index < -0.39 is 11.7 Å². The van der Waals surface area contributed by atoms with Gasteiger partial charge in [-0.15, -0.1) is 0 Å². The van der Waals surface area contributed by atoms with Crippen LogP contribution in [0.5, 0.6) is 5.95 Å². The molecule has 0 spiro atoms. The highest BCUT2D eigenvalue weighted by atomic mass is 16.6. The molecule has 2 aromatic rings. The highest BCUT2D eigenvalue weighted by Gasteiger charge is 2.08. The Balaban J connectivity index is 1.98. The van der Waals surface area contributed by atoms with Crippen LogP contribution >= 0.6 is 0 Å². The molecule has 1 aromatic heterocycles. The van der Waals surface area contributed by atoms with Crippen molar-refractivity contribution in [3.8, 4) is 5.95 Å². The Morgan fingerprint density at radius 1 is 1.25 bits per heavy atom. The zero-order chi connectivity index (χ0) is 14.4. The third-order valence-electron chi connectivity index (χ3n) is 2.54. The van der Waals surface area contributed by atoms with E-state index in [2.05, 4.69) is 4.74 Å². The minimum absolute atomic E-state index is 0.186. The summed E-state index contributed by atoms with van der Waals surface area (Å²) in [7, 11) is 1.16.